The summed E-state index contributed by atoms with van der Waals surface area (Å²) in [4.78, 5) is 0. The highest BCUT2D eigenvalue weighted by Gasteiger charge is 2.17. The van der Waals surface area contributed by atoms with Gasteiger partial charge in [0.1, 0.15) is 9.84 Å². The summed E-state index contributed by atoms with van der Waals surface area (Å²) in [5.74, 6) is 0.708. The van der Waals surface area contributed by atoms with Crippen molar-refractivity contribution in [3.05, 3.63) is 0 Å². The molecule has 0 aromatic carbocycles. The molecule has 0 saturated carbocycles. The Morgan fingerprint density at radius 1 is 1.07 bits per heavy atom. The van der Waals surface area contributed by atoms with Gasteiger partial charge < -0.3 is 5.73 Å². The van der Waals surface area contributed by atoms with Crippen LogP contribution in [0.4, 0.5) is 0 Å². The molecule has 0 aromatic heterocycles. The number of nitrogens with two attached hydrogens (primary N) is 1. The first-order valence-electron chi connectivity index (χ1n) is 5.84. The summed E-state index contributed by atoms with van der Waals surface area (Å²) in [6, 6.07) is 0.0413. The van der Waals surface area contributed by atoms with E-state index in [0.29, 0.717) is 12.3 Å². The third kappa shape index (κ3) is 7.79. The first kappa shape index (κ1) is 14.9. The zero-order valence-electron chi connectivity index (χ0n) is 10.2. The van der Waals surface area contributed by atoms with Gasteiger partial charge >= 0.3 is 0 Å². The van der Waals surface area contributed by atoms with Gasteiger partial charge in [0.05, 0.1) is 5.75 Å². The minimum absolute atomic E-state index is 0.0413. The summed E-state index contributed by atoms with van der Waals surface area (Å²) in [6.07, 6.45) is 6.34. The number of hydrogen-bond donors (Lipinski definition) is 1. The van der Waals surface area contributed by atoms with Crippen molar-refractivity contribution in [3.63, 3.8) is 0 Å². The van der Waals surface area contributed by atoms with Gasteiger partial charge in [-0.3, -0.25) is 0 Å². The highest BCUT2D eigenvalue weighted by atomic mass is 32.2. The lowest BCUT2D eigenvalue weighted by molar-refractivity contribution is 0.355. The lowest BCUT2D eigenvalue weighted by Crippen LogP contribution is -2.32. The Morgan fingerprint density at radius 2 is 1.53 bits per heavy atom. The van der Waals surface area contributed by atoms with E-state index in [1.54, 1.807) is 0 Å². The molecule has 0 radical (unpaired) electrons. The largest absolute Gasteiger partial charge is 0.327 e. The summed E-state index contributed by atoms with van der Waals surface area (Å²) in [7, 11) is -2.86. The van der Waals surface area contributed by atoms with Gasteiger partial charge in [0.15, 0.2) is 0 Å². The lowest BCUT2D eigenvalue weighted by atomic mass is 9.89. The molecule has 0 saturated heterocycles. The van der Waals surface area contributed by atoms with Gasteiger partial charge in [0, 0.05) is 12.3 Å². The molecule has 0 amide bonds. The quantitative estimate of drug-likeness (QED) is 0.699. The molecule has 0 rings (SSSR count). The molecule has 0 bridgehead atoms. The molecule has 92 valence electrons. The number of hydrogen-bond acceptors (Lipinski definition) is 3. The van der Waals surface area contributed by atoms with E-state index in [9.17, 15) is 8.42 Å². The van der Waals surface area contributed by atoms with Crippen molar-refractivity contribution in [1.82, 2.24) is 0 Å². The maximum atomic E-state index is 11.0. The predicted molar refractivity (Wildman–Crippen MR) is 65.6 cm³/mol. The molecule has 4 heteroatoms. The Kier molecular flexibility index (Phi) is 7.18. The summed E-state index contributed by atoms with van der Waals surface area (Å²) < 4.78 is 22.0. The van der Waals surface area contributed by atoms with Crippen LogP contribution in [0.2, 0.25) is 0 Å². The second-order valence-corrected chi connectivity index (χ2v) is 6.68. The van der Waals surface area contributed by atoms with Gasteiger partial charge in [0.25, 0.3) is 0 Å². The molecule has 0 aliphatic carbocycles. The van der Waals surface area contributed by atoms with Crippen LogP contribution in [0.5, 0.6) is 0 Å². The number of sulfone groups is 1. The van der Waals surface area contributed by atoms with Crippen molar-refractivity contribution < 1.29 is 8.42 Å². The maximum Gasteiger partial charge on any atom is 0.147 e. The Bertz CT molecular complexity index is 243. The Hall–Kier alpha value is -0.0900. The van der Waals surface area contributed by atoms with Crippen molar-refractivity contribution in [2.24, 2.45) is 11.7 Å². The molecular formula is C11H25NO2S. The van der Waals surface area contributed by atoms with Gasteiger partial charge in [-0.2, -0.15) is 0 Å². The van der Waals surface area contributed by atoms with E-state index in [0.717, 1.165) is 25.7 Å². The molecule has 2 N–H and O–H groups in total. The van der Waals surface area contributed by atoms with Gasteiger partial charge in [-0.05, 0) is 25.2 Å². The second kappa shape index (κ2) is 7.23. The summed E-state index contributed by atoms with van der Waals surface area (Å²) in [5.41, 5.74) is 6.03. The van der Waals surface area contributed by atoms with E-state index in [-0.39, 0.29) is 11.8 Å². The highest BCUT2D eigenvalue weighted by Crippen LogP contribution is 2.18. The van der Waals surface area contributed by atoms with Crippen molar-refractivity contribution in [3.8, 4) is 0 Å². The van der Waals surface area contributed by atoms with Crippen molar-refractivity contribution >= 4 is 9.84 Å². The van der Waals surface area contributed by atoms with Crippen LogP contribution in [0.3, 0.4) is 0 Å². The van der Waals surface area contributed by atoms with Crippen LogP contribution in [-0.4, -0.2) is 26.5 Å². The fraction of sp³-hybridized carbons (Fsp3) is 1.00. The Morgan fingerprint density at radius 3 is 1.87 bits per heavy atom. The summed E-state index contributed by atoms with van der Waals surface area (Å²) in [5, 5.41) is 0. The molecule has 0 spiro atoms. The highest BCUT2D eigenvalue weighted by molar-refractivity contribution is 7.90. The molecule has 0 aromatic rings. The van der Waals surface area contributed by atoms with E-state index >= 15 is 0 Å². The predicted octanol–water partition coefficient (Wildman–Crippen LogP) is 1.96. The average Bonchev–Trinajstić information content (AvgIpc) is 2.13. The molecular weight excluding hydrogens is 210 g/mol. The van der Waals surface area contributed by atoms with Crippen molar-refractivity contribution in [2.45, 2.75) is 52.0 Å². The van der Waals surface area contributed by atoms with E-state index in [2.05, 4.69) is 13.8 Å². The fourth-order valence-corrected chi connectivity index (χ4v) is 2.60. The standard InChI is InChI=1S/C11H25NO2S/c1-4-6-10(7-5-2)11(12)8-9-15(3,13)14/h10-11H,4-9,12H2,1-3H3. The van der Waals surface area contributed by atoms with Gasteiger partial charge in [0.2, 0.25) is 0 Å². The molecule has 0 aliphatic rings. The molecule has 0 aliphatic heterocycles. The third-order valence-electron chi connectivity index (χ3n) is 2.75. The van der Waals surface area contributed by atoms with E-state index < -0.39 is 9.84 Å². The summed E-state index contributed by atoms with van der Waals surface area (Å²) >= 11 is 0. The monoisotopic (exact) mass is 235 g/mol. The van der Waals surface area contributed by atoms with Crippen LogP contribution in [0.1, 0.15) is 46.0 Å². The van der Waals surface area contributed by atoms with Crippen LogP contribution in [0.25, 0.3) is 0 Å². The van der Waals surface area contributed by atoms with Crippen LogP contribution in [-0.2, 0) is 9.84 Å². The first-order valence-corrected chi connectivity index (χ1v) is 7.90. The van der Waals surface area contributed by atoms with Gasteiger partial charge in [-0.25, -0.2) is 8.42 Å². The SMILES string of the molecule is CCCC(CCC)C(N)CCS(C)(=O)=O. The minimum atomic E-state index is -2.86. The average molecular weight is 235 g/mol. The first-order chi connectivity index (χ1) is 6.90. The fourth-order valence-electron chi connectivity index (χ4n) is 1.90. The molecule has 1 atom stereocenters. The Labute approximate surface area is 94.4 Å². The lowest BCUT2D eigenvalue weighted by Gasteiger charge is -2.22. The van der Waals surface area contributed by atoms with Crippen LogP contribution in [0, 0.1) is 5.92 Å². The minimum Gasteiger partial charge on any atom is -0.327 e. The molecule has 15 heavy (non-hydrogen) atoms. The topological polar surface area (TPSA) is 60.2 Å². The molecule has 0 fully saturated rings. The van der Waals surface area contributed by atoms with E-state index in [4.69, 9.17) is 5.73 Å². The Balaban J connectivity index is 4.07. The van der Waals surface area contributed by atoms with Crippen LogP contribution < -0.4 is 5.73 Å². The van der Waals surface area contributed by atoms with Crippen molar-refractivity contribution in [2.75, 3.05) is 12.0 Å². The maximum absolute atomic E-state index is 11.0. The molecule has 1 unspecified atom stereocenters. The van der Waals surface area contributed by atoms with Gasteiger partial charge in [-0.1, -0.05) is 26.7 Å². The second-order valence-electron chi connectivity index (χ2n) is 4.42. The number of rotatable bonds is 8. The third-order valence-corrected chi connectivity index (χ3v) is 3.72. The van der Waals surface area contributed by atoms with Crippen LogP contribution >= 0.6 is 0 Å². The zero-order valence-corrected chi connectivity index (χ0v) is 11.0. The smallest absolute Gasteiger partial charge is 0.147 e. The summed E-state index contributed by atoms with van der Waals surface area (Å²) in [6.45, 7) is 4.29. The van der Waals surface area contributed by atoms with Gasteiger partial charge in [-0.15, -0.1) is 0 Å². The molecule has 0 heterocycles. The molecule has 3 nitrogen and oxygen atoms in total. The van der Waals surface area contributed by atoms with Crippen LogP contribution in [0.15, 0.2) is 0 Å². The normalized spacial score (nSPS) is 14.5. The van der Waals surface area contributed by atoms with E-state index in [1.165, 1.54) is 6.26 Å². The van der Waals surface area contributed by atoms with E-state index in [1.807, 2.05) is 0 Å². The zero-order chi connectivity index (χ0) is 11.9. The van der Waals surface area contributed by atoms with Crippen molar-refractivity contribution in [1.29, 1.82) is 0 Å².